The fourth-order valence-electron chi connectivity index (χ4n) is 9.87. The molecule has 0 saturated heterocycles. The molecular weight excluding hydrogens is 775 g/mol. The number of allylic oxidation sites excluding steroid dienone is 2. The molecule has 2 atom stereocenters. The highest BCUT2D eigenvalue weighted by Crippen LogP contribution is 2.54. The lowest BCUT2D eigenvalue weighted by Gasteiger charge is -2.35. The van der Waals surface area contributed by atoms with Crippen molar-refractivity contribution in [3.8, 4) is 50.3 Å². The second-order valence-electron chi connectivity index (χ2n) is 16.8. The molecule has 2 heteroatoms. The van der Waals surface area contributed by atoms with Crippen molar-refractivity contribution in [2.24, 2.45) is 0 Å². The minimum absolute atomic E-state index is 0.114. The number of nitrogens with zero attached hydrogens (tertiary/aromatic N) is 1. The number of hydrogen-bond acceptors (Lipinski definition) is 2. The van der Waals surface area contributed by atoms with Gasteiger partial charge in [-0.2, -0.15) is 0 Å². The lowest BCUT2D eigenvalue weighted by atomic mass is 9.81. The zero-order chi connectivity index (χ0) is 42.4. The summed E-state index contributed by atoms with van der Waals surface area (Å²) in [6, 6.07) is 85.6. The van der Waals surface area contributed by atoms with Crippen LogP contribution in [0.2, 0.25) is 0 Å². The molecule has 1 aliphatic carbocycles. The molecule has 10 aromatic rings. The van der Waals surface area contributed by atoms with Gasteiger partial charge in [-0.15, -0.1) is 0 Å². The number of rotatable bonds is 8. The molecule has 2 unspecified atom stereocenters. The summed E-state index contributed by atoms with van der Waals surface area (Å²) in [5.41, 5.74) is 16.3. The normalized spacial score (nSPS) is 15.2. The molecular formula is C62H43NO. The van der Waals surface area contributed by atoms with Crippen LogP contribution in [0.15, 0.2) is 254 Å². The van der Waals surface area contributed by atoms with Crippen LogP contribution in [0.3, 0.4) is 0 Å². The largest absolute Gasteiger partial charge is 0.484 e. The van der Waals surface area contributed by atoms with Crippen molar-refractivity contribution in [2.45, 2.75) is 12.0 Å². The van der Waals surface area contributed by atoms with E-state index in [1.54, 1.807) is 0 Å². The van der Waals surface area contributed by atoms with Gasteiger partial charge in [-0.25, -0.2) is 0 Å². The molecule has 12 rings (SSSR count). The molecule has 0 aromatic heterocycles. The van der Waals surface area contributed by atoms with Gasteiger partial charge in [0.15, 0.2) is 0 Å². The minimum Gasteiger partial charge on any atom is -0.484 e. The van der Waals surface area contributed by atoms with Crippen LogP contribution in [0.5, 0.6) is 5.75 Å². The Morgan fingerprint density at radius 1 is 0.359 bits per heavy atom. The number of benzene rings is 10. The van der Waals surface area contributed by atoms with E-state index in [0.717, 1.165) is 39.3 Å². The standard InChI is InChI=1S/C62H43NO/c1-5-17-42(18-6-1)46-29-32-53(33-30-46)63(54-34-31-45-23-13-14-26-48(45)38-54)59-39-52(51-36-49(43-19-7-2-8-20-43)35-50(37-51)44-21-9-3-10-22-44)40-60-61(59)58-41-57(47-24-11-4-12-25-47)55-27-15-16-28-56(55)62(58)64-60/h1-41,60-61H. The lowest BCUT2D eigenvalue weighted by molar-refractivity contribution is 0.267. The van der Waals surface area contributed by atoms with E-state index < -0.39 is 0 Å². The van der Waals surface area contributed by atoms with Gasteiger partial charge in [-0.1, -0.05) is 188 Å². The smallest absolute Gasteiger partial charge is 0.132 e. The molecule has 0 N–H and O–H groups in total. The van der Waals surface area contributed by atoms with E-state index in [0.29, 0.717) is 0 Å². The topological polar surface area (TPSA) is 12.5 Å². The Morgan fingerprint density at radius 3 is 1.50 bits per heavy atom. The summed E-state index contributed by atoms with van der Waals surface area (Å²) < 4.78 is 7.35. The first-order chi connectivity index (χ1) is 31.7. The monoisotopic (exact) mass is 817 g/mol. The second kappa shape index (κ2) is 15.9. The van der Waals surface area contributed by atoms with Crippen LogP contribution in [0.25, 0.3) is 71.6 Å². The molecule has 1 aliphatic heterocycles. The van der Waals surface area contributed by atoms with Crippen LogP contribution in [0.1, 0.15) is 17.0 Å². The van der Waals surface area contributed by atoms with Gasteiger partial charge in [-0.3, -0.25) is 0 Å². The maximum absolute atomic E-state index is 7.35. The predicted octanol–water partition coefficient (Wildman–Crippen LogP) is 16.3. The molecule has 10 aromatic carbocycles. The van der Waals surface area contributed by atoms with Gasteiger partial charge < -0.3 is 9.64 Å². The molecule has 0 amide bonds. The third-order valence-electron chi connectivity index (χ3n) is 13.0. The van der Waals surface area contributed by atoms with Gasteiger partial charge in [0.05, 0.1) is 5.92 Å². The fourth-order valence-corrected chi connectivity index (χ4v) is 9.87. The van der Waals surface area contributed by atoms with Gasteiger partial charge in [-0.05, 0) is 132 Å². The number of hydrogen-bond donors (Lipinski definition) is 0. The van der Waals surface area contributed by atoms with E-state index in [1.807, 2.05) is 0 Å². The molecule has 2 nitrogen and oxygen atoms in total. The second-order valence-corrected chi connectivity index (χ2v) is 16.8. The Kier molecular flexibility index (Phi) is 9.34. The first-order valence-corrected chi connectivity index (χ1v) is 22.1. The van der Waals surface area contributed by atoms with Crippen LogP contribution in [-0.2, 0) is 0 Å². The predicted molar refractivity (Wildman–Crippen MR) is 268 cm³/mol. The number of anilines is 2. The molecule has 0 radical (unpaired) electrons. The maximum atomic E-state index is 7.35. The van der Waals surface area contributed by atoms with Gasteiger partial charge in [0.2, 0.25) is 0 Å². The van der Waals surface area contributed by atoms with E-state index in [2.05, 4.69) is 254 Å². The fraction of sp³-hybridized carbons (Fsp3) is 0.0323. The number of ether oxygens (including phenoxy) is 1. The Bertz CT molecular complexity index is 3330. The first-order valence-electron chi connectivity index (χ1n) is 22.1. The zero-order valence-electron chi connectivity index (χ0n) is 35.2. The Balaban J connectivity index is 1.11. The molecule has 1 heterocycles. The van der Waals surface area contributed by atoms with Crippen LogP contribution < -0.4 is 9.64 Å². The summed E-state index contributed by atoms with van der Waals surface area (Å²) in [5.74, 6) is 0.839. The molecule has 0 saturated carbocycles. The summed E-state index contributed by atoms with van der Waals surface area (Å²) >= 11 is 0. The molecule has 64 heavy (non-hydrogen) atoms. The highest BCUT2D eigenvalue weighted by atomic mass is 16.5. The van der Waals surface area contributed by atoms with E-state index in [1.165, 1.54) is 66.2 Å². The average molecular weight is 818 g/mol. The molecule has 302 valence electrons. The maximum Gasteiger partial charge on any atom is 0.132 e. The third-order valence-corrected chi connectivity index (χ3v) is 13.0. The molecule has 0 spiro atoms. The van der Waals surface area contributed by atoms with Crippen molar-refractivity contribution in [1.82, 2.24) is 0 Å². The summed E-state index contributed by atoms with van der Waals surface area (Å²) in [4.78, 5) is 2.49. The van der Waals surface area contributed by atoms with Crippen molar-refractivity contribution in [3.05, 3.63) is 266 Å². The Labute approximate surface area is 374 Å². The van der Waals surface area contributed by atoms with Gasteiger partial charge in [0.1, 0.15) is 11.9 Å². The van der Waals surface area contributed by atoms with Crippen molar-refractivity contribution >= 4 is 38.5 Å². The van der Waals surface area contributed by atoms with Crippen LogP contribution >= 0.6 is 0 Å². The number of fused-ring (bicyclic) bond motifs is 6. The minimum atomic E-state index is -0.272. The molecule has 0 fully saturated rings. The van der Waals surface area contributed by atoms with Crippen molar-refractivity contribution in [2.75, 3.05) is 4.90 Å². The Hall–Kier alpha value is -8.20. The van der Waals surface area contributed by atoms with Gasteiger partial charge in [0.25, 0.3) is 0 Å². The third kappa shape index (κ3) is 6.77. The van der Waals surface area contributed by atoms with E-state index in [4.69, 9.17) is 4.74 Å². The highest BCUT2D eigenvalue weighted by Gasteiger charge is 2.42. The zero-order valence-corrected chi connectivity index (χ0v) is 35.2. The SMILES string of the molecule is C1=C(c2cc(-c3ccccc3)cc(-c3ccccc3)c2)C=C(N(c2ccc(-c3ccccc3)cc2)c2ccc3ccccc3c2)C2c3cc(-c4ccccc4)c4ccccc4c3OC12. The summed E-state index contributed by atoms with van der Waals surface area (Å²) in [6.07, 6.45) is 4.55. The quantitative estimate of drug-likeness (QED) is 0.151. The summed E-state index contributed by atoms with van der Waals surface area (Å²) in [7, 11) is 0. The first kappa shape index (κ1) is 37.6. The van der Waals surface area contributed by atoms with Crippen molar-refractivity contribution < 1.29 is 4.74 Å². The van der Waals surface area contributed by atoms with Gasteiger partial charge in [0, 0.05) is 28.0 Å². The van der Waals surface area contributed by atoms with E-state index in [-0.39, 0.29) is 12.0 Å². The molecule has 2 aliphatic rings. The van der Waals surface area contributed by atoms with E-state index >= 15 is 0 Å². The highest BCUT2D eigenvalue weighted by molar-refractivity contribution is 6.02. The lowest BCUT2D eigenvalue weighted by Crippen LogP contribution is -2.30. The van der Waals surface area contributed by atoms with E-state index in [9.17, 15) is 0 Å². The summed E-state index contributed by atoms with van der Waals surface area (Å²) in [5, 5.41) is 4.72. The van der Waals surface area contributed by atoms with Crippen LogP contribution in [-0.4, -0.2) is 6.10 Å². The Morgan fingerprint density at radius 2 is 0.859 bits per heavy atom. The molecule has 0 bridgehead atoms. The van der Waals surface area contributed by atoms with Crippen LogP contribution in [0.4, 0.5) is 11.4 Å². The van der Waals surface area contributed by atoms with Crippen molar-refractivity contribution in [3.63, 3.8) is 0 Å². The average Bonchev–Trinajstić information content (AvgIpc) is 3.76. The van der Waals surface area contributed by atoms with Crippen LogP contribution in [0, 0.1) is 0 Å². The van der Waals surface area contributed by atoms with Gasteiger partial charge >= 0.3 is 0 Å². The summed E-state index contributed by atoms with van der Waals surface area (Å²) in [6.45, 7) is 0. The van der Waals surface area contributed by atoms with Crippen molar-refractivity contribution in [1.29, 1.82) is 0 Å².